The van der Waals surface area contributed by atoms with E-state index in [0.717, 1.165) is 27.6 Å². The molecule has 0 saturated carbocycles. The number of amides is 1. The van der Waals surface area contributed by atoms with E-state index in [4.69, 9.17) is 0 Å². The van der Waals surface area contributed by atoms with Gasteiger partial charge < -0.3 is 9.88 Å². The van der Waals surface area contributed by atoms with E-state index in [1.165, 1.54) is 6.92 Å². The molecule has 5 heteroatoms. The largest absolute Gasteiger partial charge is 0.361 e. The van der Waals surface area contributed by atoms with Gasteiger partial charge in [-0.25, -0.2) is 0 Å². The first-order valence-corrected chi connectivity index (χ1v) is 10.7. The number of Topliss-reactive ketones (excluding diaryl/α,β-unsaturated/α-hetero) is 2. The highest BCUT2D eigenvalue weighted by Gasteiger charge is 2.50. The Morgan fingerprint density at radius 3 is 2.35 bits per heavy atom. The Bertz CT molecular complexity index is 1150. The maximum Gasteiger partial charge on any atom is 0.291 e. The molecule has 1 aliphatic rings. The first kappa shape index (κ1) is 21.0. The average molecular weight is 417 g/mol. The molecule has 4 rings (SSSR count). The molecule has 1 N–H and O–H groups in total. The van der Waals surface area contributed by atoms with Gasteiger partial charge in [-0.15, -0.1) is 0 Å². The second-order valence-corrected chi connectivity index (χ2v) is 9.38. The second kappa shape index (κ2) is 7.80. The van der Waals surface area contributed by atoms with Gasteiger partial charge in [-0.3, -0.25) is 14.4 Å². The van der Waals surface area contributed by atoms with Crippen molar-refractivity contribution in [2.45, 2.75) is 45.6 Å². The van der Waals surface area contributed by atoms with Crippen molar-refractivity contribution in [3.63, 3.8) is 0 Å². The summed E-state index contributed by atoms with van der Waals surface area (Å²) >= 11 is 0. The van der Waals surface area contributed by atoms with Crippen LogP contribution in [0, 0.1) is 5.92 Å². The molecule has 2 atom stereocenters. The highest BCUT2D eigenvalue weighted by atomic mass is 16.2. The quantitative estimate of drug-likeness (QED) is 0.496. The molecule has 3 aromatic rings. The Balaban J connectivity index is 1.66. The fraction of sp³-hybridized carbons (Fsp3) is 0.346. The Kier molecular flexibility index (Phi) is 5.29. The van der Waals surface area contributed by atoms with E-state index in [0.29, 0.717) is 13.0 Å². The number of H-pyrrole nitrogens is 1. The monoisotopic (exact) mass is 416 g/mol. The summed E-state index contributed by atoms with van der Waals surface area (Å²) in [7, 11) is 0. The number of nitrogens with one attached hydrogen (secondary N) is 1. The molecule has 5 nitrogen and oxygen atoms in total. The zero-order valence-corrected chi connectivity index (χ0v) is 18.4. The normalized spacial score (nSPS) is 19.4. The molecule has 0 radical (unpaired) electrons. The summed E-state index contributed by atoms with van der Waals surface area (Å²) < 4.78 is 0. The minimum atomic E-state index is -0.948. The predicted octanol–water partition coefficient (Wildman–Crippen LogP) is 4.37. The SMILES string of the molecule is CC(=O)C1C(=O)C(=O)N(CCc2c[nH]c3ccccc23)C1c1ccc(C(C)(C)C)cc1. The van der Waals surface area contributed by atoms with E-state index in [9.17, 15) is 14.4 Å². The summed E-state index contributed by atoms with van der Waals surface area (Å²) in [5, 5.41) is 1.11. The van der Waals surface area contributed by atoms with Gasteiger partial charge in [0.05, 0.1) is 6.04 Å². The van der Waals surface area contributed by atoms with Gasteiger partial charge >= 0.3 is 0 Å². The van der Waals surface area contributed by atoms with Crippen molar-refractivity contribution < 1.29 is 14.4 Å². The molecular weight excluding hydrogens is 388 g/mol. The highest BCUT2D eigenvalue weighted by molar-refractivity contribution is 6.42. The third-order valence-electron chi connectivity index (χ3n) is 6.26. The van der Waals surface area contributed by atoms with Gasteiger partial charge in [0.15, 0.2) is 0 Å². The van der Waals surface area contributed by atoms with Crippen LogP contribution in [0.1, 0.15) is 50.4 Å². The number of likely N-dealkylation sites (tertiary alicyclic amines) is 1. The van der Waals surface area contributed by atoms with Crippen molar-refractivity contribution in [1.29, 1.82) is 0 Å². The van der Waals surface area contributed by atoms with Crippen LogP contribution in [-0.4, -0.2) is 33.9 Å². The van der Waals surface area contributed by atoms with Crippen molar-refractivity contribution in [2.24, 2.45) is 5.92 Å². The number of para-hydroxylation sites is 1. The standard InChI is InChI=1S/C26H28N2O3/c1-16(29)22-23(17-9-11-19(12-10-17)26(2,3)4)28(25(31)24(22)30)14-13-18-15-27-21-8-6-5-7-20(18)21/h5-12,15,22-23,27H,13-14H2,1-4H3. The number of aromatic nitrogens is 1. The highest BCUT2D eigenvalue weighted by Crippen LogP contribution is 2.38. The van der Waals surface area contributed by atoms with Crippen molar-refractivity contribution in [1.82, 2.24) is 9.88 Å². The van der Waals surface area contributed by atoms with Crippen molar-refractivity contribution >= 4 is 28.4 Å². The van der Waals surface area contributed by atoms with E-state index in [1.807, 2.05) is 54.7 Å². The molecule has 0 aliphatic carbocycles. The molecule has 1 saturated heterocycles. The first-order chi connectivity index (χ1) is 14.7. The third kappa shape index (κ3) is 3.80. The lowest BCUT2D eigenvalue weighted by Crippen LogP contribution is -2.32. The number of aromatic amines is 1. The van der Waals surface area contributed by atoms with Gasteiger partial charge in [-0.1, -0.05) is 63.2 Å². The van der Waals surface area contributed by atoms with Crippen molar-refractivity contribution in [3.8, 4) is 0 Å². The van der Waals surface area contributed by atoms with E-state index < -0.39 is 23.7 Å². The number of carbonyl (C=O) groups is 3. The predicted molar refractivity (Wildman–Crippen MR) is 121 cm³/mol. The molecular formula is C26H28N2O3. The molecule has 1 fully saturated rings. The minimum absolute atomic E-state index is 0.00511. The molecule has 2 unspecified atom stereocenters. The fourth-order valence-corrected chi connectivity index (χ4v) is 4.50. The van der Waals surface area contributed by atoms with Gasteiger partial charge in [-0.05, 0) is 41.5 Å². The summed E-state index contributed by atoms with van der Waals surface area (Å²) in [6.45, 7) is 8.18. The van der Waals surface area contributed by atoms with E-state index >= 15 is 0 Å². The molecule has 1 aromatic heterocycles. The average Bonchev–Trinajstić information content (AvgIpc) is 3.25. The van der Waals surface area contributed by atoms with E-state index in [-0.39, 0.29) is 11.2 Å². The summed E-state index contributed by atoms with van der Waals surface area (Å²) in [4.78, 5) is 42.8. The maximum absolute atomic E-state index is 12.9. The lowest BCUT2D eigenvalue weighted by Gasteiger charge is -2.28. The molecule has 0 bridgehead atoms. The number of hydrogen-bond donors (Lipinski definition) is 1. The number of ketones is 2. The minimum Gasteiger partial charge on any atom is -0.361 e. The van der Waals surface area contributed by atoms with Crippen LogP contribution in [0.3, 0.4) is 0 Å². The topological polar surface area (TPSA) is 70.2 Å². The van der Waals surface area contributed by atoms with Gasteiger partial charge in [0.1, 0.15) is 11.7 Å². The lowest BCUT2D eigenvalue weighted by atomic mass is 9.84. The summed E-state index contributed by atoms with van der Waals surface area (Å²) in [5.41, 5.74) is 4.11. The van der Waals surface area contributed by atoms with Crippen LogP contribution in [0.15, 0.2) is 54.7 Å². The smallest absolute Gasteiger partial charge is 0.291 e. The molecule has 2 heterocycles. The molecule has 31 heavy (non-hydrogen) atoms. The Hall–Kier alpha value is -3.21. The van der Waals surface area contributed by atoms with Crippen LogP contribution in [-0.2, 0) is 26.2 Å². The van der Waals surface area contributed by atoms with Crippen molar-refractivity contribution in [2.75, 3.05) is 6.54 Å². The number of rotatable bonds is 5. The molecule has 160 valence electrons. The second-order valence-electron chi connectivity index (χ2n) is 9.38. The summed E-state index contributed by atoms with van der Waals surface area (Å²) in [6.07, 6.45) is 2.55. The van der Waals surface area contributed by atoms with E-state index in [2.05, 4.69) is 25.8 Å². The van der Waals surface area contributed by atoms with Crippen molar-refractivity contribution in [3.05, 3.63) is 71.4 Å². The van der Waals surface area contributed by atoms with Gasteiger partial charge in [0.2, 0.25) is 5.78 Å². The van der Waals surface area contributed by atoms with Crippen LogP contribution in [0.25, 0.3) is 10.9 Å². The van der Waals surface area contributed by atoms with Gasteiger partial charge in [-0.2, -0.15) is 0 Å². The van der Waals surface area contributed by atoms with Crippen LogP contribution in [0.2, 0.25) is 0 Å². The molecule has 1 aliphatic heterocycles. The zero-order chi connectivity index (χ0) is 22.3. The van der Waals surface area contributed by atoms with Crippen LogP contribution >= 0.6 is 0 Å². The molecule has 1 amide bonds. The fourth-order valence-electron chi connectivity index (χ4n) is 4.50. The van der Waals surface area contributed by atoms with Crippen LogP contribution in [0.4, 0.5) is 0 Å². The first-order valence-electron chi connectivity index (χ1n) is 10.7. The molecule has 0 spiro atoms. The number of nitrogens with zero attached hydrogens (tertiary/aromatic N) is 1. The van der Waals surface area contributed by atoms with Gasteiger partial charge in [0.25, 0.3) is 5.91 Å². The third-order valence-corrected chi connectivity index (χ3v) is 6.26. The number of benzene rings is 2. The summed E-state index contributed by atoms with van der Waals surface area (Å²) in [6, 6.07) is 15.4. The number of hydrogen-bond acceptors (Lipinski definition) is 3. The lowest BCUT2D eigenvalue weighted by molar-refractivity contribution is -0.142. The van der Waals surface area contributed by atoms with Crippen LogP contribution in [0.5, 0.6) is 0 Å². The zero-order valence-electron chi connectivity index (χ0n) is 18.4. The Labute approximate surface area is 182 Å². The maximum atomic E-state index is 12.9. The molecule has 2 aromatic carbocycles. The van der Waals surface area contributed by atoms with E-state index in [1.54, 1.807) is 4.90 Å². The van der Waals surface area contributed by atoms with Crippen LogP contribution < -0.4 is 0 Å². The number of fused-ring (bicyclic) bond motifs is 1. The Morgan fingerprint density at radius 2 is 1.71 bits per heavy atom. The Morgan fingerprint density at radius 1 is 1.03 bits per heavy atom. The number of carbonyl (C=O) groups excluding carboxylic acids is 3. The van der Waals surface area contributed by atoms with Gasteiger partial charge in [0, 0.05) is 23.6 Å². The summed E-state index contributed by atoms with van der Waals surface area (Å²) in [5.74, 6) is -2.38.